The first-order chi connectivity index (χ1) is 15.9. The molecule has 2 heterocycles. The Morgan fingerprint density at radius 3 is 2.24 bits per heavy atom. The van der Waals surface area contributed by atoms with Crippen molar-refractivity contribution in [1.82, 2.24) is 9.91 Å². The van der Waals surface area contributed by atoms with E-state index >= 15 is 0 Å². The van der Waals surface area contributed by atoms with Gasteiger partial charge in [-0.25, -0.2) is 0 Å². The lowest BCUT2D eigenvalue weighted by Gasteiger charge is -2.49. The number of methoxy groups -OCH3 is 3. The molecule has 0 saturated heterocycles. The maximum absolute atomic E-state index is 13.5. The van der Waals surface area contributed by atoms with Crippen LogP contribution in [-0.2, 0) is 9.59 Å². The Labute approximate surface area is 196 Å². The van der Waals surface area contributed by atoms with Crippen LogP contribution in [-0.4, -0.2) is 61.5 Å². The summed E-state index contributed by atoms with van der Waals surface area (Å²) in [6.07, 6.45) is 1.10. The van der Waals surface area contributed by atoms with Gasteiger partial charge in [0.25, 0.3) is 5.91 Å². The number of benzene rings is 2. The zero-order valence-electron chi connectivity index (χ0n) is 19.4. The van der Waals surface area contributed by atoms with Crippen molar-refractivity contribution in [2.24, 2.45) is 5.10 Å². The lowest BCUT2D eigenvalue weighted by Crippen LogP contribution is -2.55. The molecule has 0 radical (unpaired) electrons. The molecule has 0 fully saturated rings. The summed E-state index contributed by atoms with van der Waals surface area (Å²) >= 11 is 1.36. The van der Waals surface area contributed by atoms with Crippen molar-refractivity contribution in [2.45, 2.75) is 19.1 Å². The quantitative estimate of drug-likeness (QED) is 0.678. The highest BCUT2D eigenvalue weighted by Crippen LogP contribution is 2.50. The third kappa shape index (κ3) is 3.54. The van der Waals surface area contributed by atoms with Crippen LogP contribution >= 0.6 is 11.8 Å². The fraction of sp³-hybridized carbons (Fsp3) is 0.348. The van der Waals surface area contributed by atoms with Crippen LogP contribution in [0.4, 0.5) is 5.69 Å². The van der Waals surface area contributed by atoms with Gasteiger partial charge >= 0.3 is 0 Å². The van der Waals surface area contributed by atoms with E-state index in [4.69, 9.17) is 19.3 Å². The van der Waals surface area contributed by atoms with Crippen LogP contribution < -0.4 is 19.1 Å². The molecule has 0 aliphatic carbocycles. The fourth-order valence-corrected chi connectivity index (χ4v) is 4.87. The Morgan fingerprint density at radius 1 is 1.00 bits per heavy atom. The number of rotatable bonds is 4. The minimum absolute atomic E-state index is 0.130. The number of nitrogens with zero attached hydrogens (tertiary/aromatic N) is 4. The molecule has 2 aliphatic rings. The Hall–Kier alpha value is -3.40. The molecule has 0 unspecified atom stereocenters. The summed E-state index contributed by atoms with van der Waals surface area (Å²) in [5.74, 6) is 1.11. The van der Waals surface area contributed by atoms with Gasteiger partial charge in [0, 0.05) is 31.2 Å². The first kappa shape index (κ1) is 22.8. The van der Waals surface area contributed by atoms with Gasteiger partial charge in [-0.3, -0.25) is 24.4 Å². The van der Waals surface area contributed by atoms with E-state index in [9.17, 15) is 9.59 Å². The summed E-state index contributed by atoms with van der Waals surface area (Å²) in [5, 5.41) is 7.03. The number of carbonyl (C=O) groups is 2. The van der Waals surface area contributed by atoms with Gasteiger partial charge in [-0.05, 0) is 18.4 Å². The van der Waals surface area contributed by atoms with Crippen LogP contribution in [0.15, 0.2) is 41.5 Å². The molecule has 0 bridgehead atoms. The summed E-state index contributed by atoms with van der Waals surface area (Å²) in [7, 11) is 6.34. The number of amides is 2. The molecule has 174 valence electrons. The van der Waals surface area contributed by atoms with E-state index in [1.807, 2.05) is 30.5 Å². The number of fused-ring (bicyclic) bond motifs is 3. The molecule has 4 rings (SSSR count). The lowest BCUT2D eigenvalue weighted by molar-refractivity contribution is -0.136. The first-order valence-corrected chi connectivity index (χ1v) is 11.5. The molecule has 0 N–H and O–H groups in total. The summed E-state index contributed by atoms with van der Waals surface area (Å²) in [6.45, 7) is 1.49. The van der Waals surface area contributed by atoms with Gasteiger partial charge in [0.1, 0.15) is 5.75 Å². The van der Waals surface area contributed by atoms with Crippen LogP contribution in [0.1, 0.15) is 30.3 Å². The summed E-state index contributed by atoms with van der Waals surface area (Å²) < 4.78 is 16.7. The van der Waals surface area contributed by atoms with Crippen molar-refractivity contribution in [2.75, 3.05) is 39.5 Å². The smallest absolute Gasteiger partial charge is 0.257 e. The van der Waals surface area contributed by atoms with E-state index in [2.05, 4.69) is 0 Å². The van der Waals surface area contributed by atoms with Gasteiger partial charge in [0.15, 0.2) is 28.9 Å². The third-order valence-electron chi connectivity index (χ3n) is 5.84. The highest BCUT2D eigenvalue weighted by molar-refractivity contribution is 8.13. The van der Waals surface area contributed by atoms with Gasteiger partial charge in [-0.2, -0.15) is 0 Å². The standard InChI is InChI=1S/C23H26N4O5S/c1-13(28)26-16-10-8-7-9-14(16)20-22(29)25(2)23(33-6)24-27(20)21(26)15-11-18(31-4)19(32-5)12-17(15)30-3/h7-12,20-21H,1-6H3/t20-,21+/m1/s1. The van der Waals surface area contributed by atoms with Crippen molar-refractivity contribution in [3.63, 3.8) is 0 Å². The number of hydrogen-bond acceptors (Lipinski definition) is 8. The Balaban J connectivity index is 2.05. The number of carbonyl (C=O) groups excluding carboxylic acids is 2. The Morgan fingerprint density at radius 2 is 1.64 bits per heavy atom. The van der Waals surface area contributed by atoms with E-state index < -0.39 is 12.2 Å². The molecule has 0 saturated carbocycles. The number of hydrazone groups is 1. The number of likely N-dealkylation sites (N-methyl/N-ethyl adjacent to an activating group) is 1. The number of para-hydroxylation sites is 1. The predicted octanol–water partition coefficient (Wildman–Crippen LogP) is 3.23. The highest BCUT2D eigenvalue weighted by Gasteiger charge is 2.49. The minimum Gasteiger partial charge on any atom is -0.496 e. The number of amidine groups is 1. The van der Waals surface area contributed by atoms with Gasteiger partial charge < -0.3 is 14.2 Å². The van der Waals surface area contributed by atoms with Crippen molar-refractivity contribution in [3.8, 4) is 17.2 Å². The summed E-state index contributed by atoms with van der Waals surface area (Å²) in [5.41, 5.74) is 1.98. The third-order valence-corrected chi connectivity index (χ3v) is 6.56. The molecule has 2 atom stereocenters. The van der Waals surface area contributed by atoms with Crippen LogP contribution in [0, 0.1) is 0 Å². The molecule has 0 aromatic heterocycles. The molecular formula is C23H26N4O5S. The second kappa shape index (κ2) is 8.86. The van der Waals surface area contributed by atoms with Crippen LogP contribution in [0.25, 0.3) is 0 Å². The first-order valence-electron chi connectivity index (χ1n) is 10.2. The zero-order valence-corrected chi connectivity index (χ0v) is 20.2. The molecule has 33 heavy (non-hydrogen) atoms. The Kier molecular flexibility index (Phi) is 6.11. The summed E-state index contributed by atoms with van der Waals surface area (Å²) in [6, 6.07) is 10.2. The lowest BCUT2D eigenvalue weighted by atomic mass is 9.94. The van der Waals surface area contributed by atoms with Crippen molar-refractivity contribution >= 4 is 34.4 Å². The number of anilines is 1. The van der Waals surface area contributed by atoms with Crippen LogP contribution in [0.3, 0.4) is 0 Å². The second-order valence-electron chi connectivity index (χ2n) is 7.54. The van der Waals surface area contributed by atoms with E-state index in [0.29, 0.717) is 39.2 Å². The molecule has 2 amide bonds. The van der Waals surface area contributed by atoms with E-state index in [1.165, 1.54) is 18.7 Å². The fourth-order valence-electron chi connectivity index (χ4n) is 4.33. The largest absolute Gasteiger partial charge is 0.496 e. The van der Waals surface area contributed by atoms with Gasteiger partial charge in [0.2, 0.25) is 5.91 Å². The molecule has 2 aromatic rings. The molecular weight excluding hydrogens is 444 g/mol. The average molecular weight is 471 g/mol. The topological polar surface area (TPSA) is 83.9 Å². The van der Waals surface area contributed by atoms with E-state index in [-0.39, 0.29) is 11.8 Å². The normalized spacial score (nSPS) is 19.5. The number of ether oxygens (including phenoxy) is 3. The minimum atomic E-state index is -0.753. The molecule has 2 aliphatic heterocycles. The molecule has 9 nitrogen and oxygen atoms in total. The van der Waals surface area contributed by atoms with Crippen molar-refractivity contribution in [3.05, 3.63) is 47.5 Å². The van der Waals surface area contributed by atoms with Crippen LogP contribution in [0.5, 0.6) is 17.2 Å². The van der Waals surface area contributed by atoms with E-state index in [0.717, 1.165) is 0 Å². The van der Waals surface area contributed by atoms with E-state index in [1.54, 1.807) is 55.3 Å². The predicted molar refractivity (Wildman–Crippen MR) is 127 cm³/mol. The van der Waals surface area contributed by atoms with Gasteiger partial charge in [-0.1, -0.05) is 30.0 Å². The zero-order chi connectivity index (χ0) is 23.9. The second-order valence-corrected chi connectivity index (χ2v) is 8.31. The Bertz CT molecular complexity index is 1140. The van der Waals surface area contributed by atoms with Crippen molar-refractivity contribution in [1.29, 1.82) is 0 Å². The highest BCUT2D eigenvalue weighted by atomic mass is 32.2. The SMILES string of the molecule is COc1cc(OC)c([C@H]2N(C(C)=O)c3ccccc3[C@@H]3C(=O)N(C)C(SC)=NN32)cc1OC. The van der Waals surface area contributed by atoms with Crippen molar-refractivity contribution < 1.29 is 23.8 Å². The number of hydrogen-bond donors (Lipinski definition) is 0. The van der Waals surface area contributed by atoms with Gasteiger partial charge in [0.05, 0.1) is 27.0 Å². The molecule has 10 heteroatoms. The number of thioether (sulfide) groups is 1. The maximum Gasteiger partial charge on any atom is 0.257 e. The maximum atomic E-state index is 13.5. The molecule has 0 spiro atoms. The average Bonchev–Trinajstić information content (AvgIpc) is 2.83. The van der Waals surface area contributed by atoms with Crippen LogP contribution in [0.2, 0.25) is 0 Å². The van der Waals surface area contributed by atoms with Gasteiger partial charge in [-0.15, -0.1) is 5.10 Å². The monoisotopic (exact) mass is 470 g/mol. The summed E-state index contributed by atoms with van der Waals surface area (Å²) in [4.78, 5) is 29.8. The molecule has 2 aromatic carbocycles.